The summed E-state index contributed by atoms with van der Waals surface area (Å²) in [4.78, 5) is 0. The molecule has 1 aliphatic rings. The predicted octanol–water partition coefficient (Wildman–Crippen LogP) is 3.86. The van der Waals surface area contributed by atoms with Gasteiger partial charge in [0.05, 0.1) is 5.60 Å². The highest BCUT2D eigenvalue weighted by Crippen LogP contribution is 2.42. The van der Waals surface area contributed by atoms with E-state index in [0.717, 1.165) is 31.2 Å². The Balaban J connectivity index is 2.20. The molecule has 0 heterocycles. The van der Waals surface area contributed by atoms with Gasteiger partial charge in [-0.05, 0) is 43.1 Å². The highest BCUT2D eigenvalue weighted by atomic mass is 16.3. The van der Waals surface area contributed by atoms with Crippen molar-refractivity contribution in [1.29, 1.82) is 0 Å². The number of aliphatic hydroxyl groups is 1. The minimum atomic E-state index is -0.588. The lowest BCUT2D eigenvalue weighted by molar-refractivity contribution is 0.0180. The highest BCUT2D eigenvalue weighted by molar-refractivity contribution is 5.22. The quantitative estimate of drug-likeness (QED) is 0.710. The Morgan fingerprint density at radius 3 is 2.31 bits per heavy atom. The van der Waals surface area contributed by atoms with Crippen LogP contribution in [-0.2, 0) is 5.60 Å². The number of rotatable bonds is 1. The second kappa shape index (κ2) is 4.21. The molecule has 1 saturated carbocycles. The molecule has 1 fully saturated rings. The van der Waals surface area contributed by atoms with Gasteiger partial charge in [-0.15, -0.1) is 0 Å². The molecule has 1 atom stereocenters. The van der Waals surface area contributed by atoms with Crippen molar-refractivity contribution in [3.05, 3.63) is 35.9 Å². The molecule has 16 heavy (non-hydrogen) atoms. The molecule has 88 valence electrons. The Hall–Kier alpha value is -0.820. The topological polar surface area (TPSA) is 20.2 Å². The fraction of sp³-hybridized carbons (Fsp3) is 0.600. The first-order valence-electron chi connectivity index (χ1n) is 6.30. The maximum absolute atomic E-state index is 10.8. The third kappa shape index (κ3) is 2.46. The summed E-state index contributed by atoms with van der Waals surface area (Å²) < 4.78 is 0. The normalized spacial score (nSPS) is 29.7. The number of hydrogen-bond donors (Lipinski definition) is 1. The lowest BCUT2D eigenvalue weighted by atomic mass is 9.82. The van der Waals surface area contributed by atoms with Gasteiger partial charge in [0.2, 0.25) is 0 Å². The van der Waals surface area contributed by atoms with E-state index in [1.807, 2.05) is 18.2 Å². The van der Waals surface area contributed by atoms with Gasteiger partial charge in [0.1, 0.15) is 0 Å². The SMILES string of the molecule is CC1(C)CCCC(O)(c2ccccc2)CC1. The van der Waals surface area contributed by atoms with E-state index in [0.29, 0.717) is 5.41 Å². The van der Waals surface area contributed by atoms with E-state index in [9.17, 15) is 5.11 Å². The molecule has 0 saturated heterocycles. The molecule has 0 bridgehead atoms. The summed E-state index contributed by atoms with van der Waals surface area (Å²) in [5, 5.41) is 10.8. The van der Waals surface area contributed by atoms with Gasteiger partial charge in [-0.3, -0.25) is 0 Å². The molecule has 1 aromatic rings. The smallest absolute Gasteiger partial charge is 0.0896 e. The van der Waals surface area contributed by atoms with Gasteiger partial charge in [-0.1, -0.05) is 44.2 Å². The average molecular weight is 218 g/mol. The summed E-state index contributed by atoms with van der Waals surface area (Å²) in [5.74, 6) is 0. The Morgan fingerprint density at radius 2 is 1.62 bits per heavy atom. The molecule has 1 aromatic carbocycles. The second-order valence-electron chi connectivity index (χ2n) is 5.92. The van der Waals surface area contributed by atoms with Crippen molar-refractivity contribution < 1.29 is 5.11 Å². The molecule has 2 rings (SSSR count). The zero-order valence-corrected chi connectivity index (χ0v) is 10.4. The van der Waals surface area contributed by atoms with Crippen LogP contribution in [0.5, 0.6) is 0 Å². The third-order valence-electron chi connectivity index (χ3n) is 3.97. The fourth-order valence-corrected chi connectivity index (χ4v) is 2.69. The summed E-state index contributed by atoms with van der Waals surface area (Å²) in [6.07, 6.45) is 5.25. The molecule has 1 N–H and O–H groups in total. The van der Waals surface area contributed by atoms with Crippen LogP contribution in [-0.4, -0.2) is 5.11 Å². The predicted molar refractivity (Wildman–Crippen MR) is 67.2 cm³/mol. The minimum absolute atomic E-state index is 0.388. The van der Waals surface area contributed by atoms with Crippen LogP contribution in [0.1, 0.15) is 51.5 Å². The maximum atomic E-state index is 10.8. The van der Waals surface area contributed by atoms with Crippen molar-refractivity contribution in [2.45, 2.75) is 51.6 Å². The molecule has 0 spiro atoms. The summed E-state index contributed by atoms with van der Waals surface area (Å²) >= 11 is 0. The zero-order chi connectivity index (χ0) is 11.6. The van der Waals surface area contributed by atoms with E-state index < -0.39 is 5.60 Å². The van der Waals surface area contributed by atoms with Crippen molar-refractivity contribution in [3.8, 4) is 0 Å². The summed E-state index contributed by atoms with van der Waals surface area (Å²) in [6, 6.07) is 10.1. The molecule has 0 aromatic heterocycles. The van der Waals surface area contributed by atoms with E-state index in [4.69, 9.17) is 0 Å². The van der Waals surface area contributed by atoms with Crippen molar-refractivity contribution in [3.63, 3.8) is 0 Å². The van der Waals surface area contributed by atoms with Gasteiger partial charge >= 0.3 is 0 Å². The first-order chi connectivity index (χ1) is 7.52. The van der Waals surface area contributed by atoms with Gasteiger partial charge in [0.15, 0.2) is 0 Å². The van der Waals surface area contributed by atoms with Gasteiger partial charge < -0.3 is 5.11 Å². The van der Waals surface area contributed by atoms with Crippen LogP contribution >= 0.6 is 0 Å². The maximum Gasteiger partial charge on any atom is 0.0896 e. The summed E-state index contributed by atoms with van der Waals surface area (Å²) in [5.41, 5.74) is 0.890. The largest absolute Gasteiger partial charge is 0.385 e. The Labute approximate surface area is 98.5 Å². The van der Waals surface area contributed by atoms with E-state index >= 15 is 0 Å². The first kappa shape index (κ1) is 11.7. The van der Waals surface area contributed by atoms with Gasteiger partial charge in [0, 0.05) is 0 Å². The molecule has 1 unspecified atom stereocenters. The Kier molecular flexibility index (Phi) is 3.07. The van der Waals surface area contributed by atoms with Crippen LogP contribution in [0, 0.1) is 5.41 Å². The van der Waals surface area contributed by atoms with Gasteiger partial charge in [-0.2, -0.15) is 0 Å². The third-order valence-corrected chi connectivity index (χ3v) is 3.97. The average Bonchev–Trinajstić information content (AvgIpc) is 2.41. The lowest BCUT2D eigenvalue weighted by Gasteiger charge is -2.28. The minimum Gasteiger partial charge on any atom is -0.385 e. The zero-order valence-electron chi connectivity index (χ0n) is 10.4. The van der Waals surface area contributed by atoms with Crippen LogP contribution in [0.15, 0.2) is 30.3 Å². The van der Waals surface area contributed by atoms with Crippen molar-refractivity contribution >= 4 is 0 Å². The molecular formula is C15H22O. The second-order valence-corrected chi connectivity index (χ2v) is 5.92. The standard InChI is InChI=1S/C15H22O/c1-14(2)9-6-10-15(16,12-11-14)13-7-4-3-5-8-13/h3-5,7-8,16H,6,9-12H2,1-2H3. The molecule has 1 heteroatoms. The molecule has 0 radical (unpaired) electrons. The Morgan fingerprint density at radius 1 is 0.938 bits per heavy atom. The van der Waals surface area contributed by atoms with E-state index in [1.54, 1.807) is 0 Å². The van der Waals surface area contributed by atoms with Crippen molar-refractivity contribution in [2.75, 3.05) is 0 Å². The lowest BCUT2D eigenvalue weighted by Crippen LogP contribution is -2.25. The van der Waals surface area contributed by atoms with Crippen LogP contribution in [0.3, 0.4) is 0 Å². The van der Waals surface area contributed by atoms with E-state index in [1.165, 1.54) is 6.42 Å². The highest BCUT2D eigenvalue weighted by Gasteiger charge is 2.34. The van der Waals surface area contributed by atoms with Crippen LogP contribution in [0.2, 0.25) is 0 Å². The summed E-state index contributed by atoms with van der Waals surface area (Å²) in [7, 11) is 0. The monoisotopic (exact) mass is 218 g/mol. The van der Waals surface area contributed by atoms with E-state index in [2.05, 4.69) is 26.0 Å². The molecule has 1 nitrogen and oxygen atoms in total. The van der Waals surface area contributed by atoms with E-state index in [-0.39, 0.29) is 0 Å². The van der Waals surface area contributed by atoms with Crippen LogP contribution in [0.4, 0.5) is 0 Å². The molecule has 0 amide bonds. The fourth-order valence-electron chi connectivity index (χ4n) is 2.69. The molecular weight excluding hydrogens is 196 g/mol. The molecule has 0 aliphatic heterocycles. The van der Waals surface area contributed by atoms with Gasteiger partial charge in [0.25, 0.3) is 0 Å². The van der Waals surface area contributed by atoms with Crippen molar-refractivity contribution in [1.82, 2.24) is 0 Å². The van der Waals surface area contributed by atoms with Gasteiger partial charge in [-0.25, -0.2) is 0 Å². The number of hydrogen-bond acceptors (Lipinski definition) is 1. The van der Waals surface area contributed by atoms with Crippen molar-refractivity contribution in [2.24, 2.45) is 5.41 Å². The summed E-state index contributed by atoms with van der Waals surface area (Å²) in [6.45, 7) is 4.62. The molecule has 1 aliphatic carbocycles. The number of benzene rings is 1. The Bertz CT molecular complexity index is 342. The van der Waals surface area contributed by atoms with Crippen LogP contribution in [0.25, 0.3) is 0 Å². The first-order valence-corrected chi connectivity index (χ1v) is 6.30. The van der Waals surface area contributed by atoms with Crippen LogP contribution < -0.4 is 0 Å².